The molecule has 1 aromatic carbocycles. The van der Waals surface area contributed by atoms with Gasteiger partial charge in [0.2, 0.25) is 0 Å². The van der Waals surface area contributed by atoms with Gasteiger partial charge in [0.05, 0.1) is 16.3 Å². The Hall–Kier alpha value is -1.78. The Bertz CT molecular complexity index is 726. The van der Waals surface area contributed by atoms with Crippen LogP contribution < -0.4 is 0 Å². The first kappa shape index (κ1) is 15.1. The van der Waals surface area contributed by atoms with Crippen molar-refractivity contribution in [1.29, 1.82) is 10.8 Å². The molecule has 1 aromatic heterocycles. The second kappa shape index (κ2) is 6.15. The van der Waals surface area contributed by atoms with Gasteiger partial charge in [0, 0.05) is 23.2 Å². The first-order valence-electron chi connectivity index (χ1n) is 7.77. The lowest BCUT2D eigenvalue weighted by Crippen LogP contribution is -2.27. The molecule has 0 fully saturated rings. The number of rotatable bonds is 5. The Balaban J connectivity index is 1.98. The zero-order valence-corrected chi connectivity index (χ0v) is 13.9. The van der Waals surface area contributed by atoms with Gasteiger partial charge in [0.25, 0.3) is 0 Å². The zero-order chi connectivity index (χ0) is 15.7. The van der Waals surface area contributed by atoms with Crippen molar-refractivity contribution in [2.75, 3.05) is 19.6 Å². The molecular formula is C18H21N3S. The molecule has 3 rings (SSSR count). The molecule has 4 heteroatoms. The van der Waals surface area contributed by atoms with E-state index in [4.69, 9.17) is 10.8 Å². The van der Waals surface area contributed by atoms with Gasteiger partial charge >= 0.3 is 0 Å². The predicted molar refractivity (Wildman–Crippen MR) is 94.1 cm³/mol. The zero-order valence-electron chi connectivity index (χ0n) is 13.1. The summed E-state index contributed by atoms with van der Waals surface area (Å²) in [5.41, 5.74) is 5.13. The fourth-order valence-electron chi connectivity index (χ4n) is 3.09. The minimum atomic E-state index is 0.562. The topological polar surface area (TPSA) is 50.9 Å². The smallest absolute Gasteiger partial charge is 0.0800 e. The lowest BCUT2D eigenvalue weighted by Gasteiger charge is -2.23. The Morgan fingerprint density at radius 3 is 2.50 bits per heavy atom. The normalized spacial score (nSPS) is 13.4. The number of benzene rings is 1. The Morgan fingerprint density at radius 1 is 1.00 bits per heavy atom. The molecule has 1 aliphatic carbocycles. The monoisotopic (exact) mass is 311 g/mol. The molecule has 114 valence electrons. The van der Waals surface area contributed by atoms with Gasteiger partial charge in [-0.2, -0.15) is 0 Å². The quantitative estimate of drug-likeness (QED) is 0.740. The standard InChI is InChI=1S/C18H21N3S/c1-3-21(4-2)10-8-12-6-5-7-13-15(12)17(20)18-14(16(13)19)9-11-22-18/h5-7,9,11,19-20H,3-4,8,10H2,1-2H3. The number of nitrogens with one attached hydrogen (secondary N) is 2. The van der Waals surface area contributed by atoms with Crippen LogP contribution in [0.2, 0.25) is 0 Å². The van der Waals surface area contributed by atoms with Crippen molar-refractivity contribution in [2.24, 2.45) is 0 Å². The number of thiophene rings is 1. The van der Waals surface area contributed by atoms with Crippen LogP contribution in [0.5, 0.6) is 0 Å². The molecule has 0 radical (unpaired) electrons. The SMILES string of the molecule is CCN(CC)CCc1cccc2c1C(=N)c1sccc1C2=N. The van der Waals surface area contributed by atoms with Crippen molar-refractivity contribution >= 4 is 22.8 Å². The van der Waals surface area contributed by atoms with E-state index >= 15 is 0 Å². The van der Waals surface area contributed by atoms with E-state index in [9.17, 15) is 0 Å². The summed E-state index contributed by atoms with van der Waals surface area (Å²) in [6.07, 6.45) is 0.932. The molecule has 3 nitrogen and oxygen atoms in total. The molecule has 0 bridgehead atoms. The first-order chi connectivity index (χ1) is 10.7. The second-order valence-corrected chi connectivity index (χ2v) is 6.45. The average molecular weight is 311 g/mol. The average Bonchev–Trinajstić information content (AvgIpc) is 3.03. The maximum atomic E-state index is 8.58. The number of hydrogen-bond acceptors (Lipinski definition) is 4. The molecule has 0 saturated carbocycles. The van der Waals surface area contributed by atoms with E-state index in [1.165, 1.54) is 5.56 Å². The fraction of sp³-hybridized carbons (Fsp3) is 0.333. The maximum Gasteiger partial charge on any atom is 0.0800 e. The molecule has 0 atom stereocenters. The van der Waals surface area contributed by atoms with Crippen molar-refractivity contribution in [3.05, 3.63) is 56.8 Å². The summed E-state index contributed by atoms with van der Waals surface area (Å²) in [7, 11) is 0. The number of fused-ring (bicyclic) bond motifs is 2. The molecule has 0 spiro atoms. The molecule has 0 amide bonds. The largest absolute Gasteiger partial charge is 0.304 e. The van der Waals surface area contributed by atoms with E-state index in [1.807, 2.05) is 23.6 Å². The molecule has 22 heavy (non-hydrogen) atoms. The number of nitrogens with zero attached hydrogens (tertiary/aromatic N) is 1. The Morgan fingerprint density at radius 2 is 1.77 bits per heavy atom. The summed E-state index contributed by atoms with van der Waals surface area (Å²) in [5, 5.41) is 19.0. The van der Waals surface area contributed by atoms with Gasteiger partial charge in [0.1, 0.15) is 0 Å². The van der Waals surface area contributed by atoms with Crippen molar-refractivity contribution in [1.82, 2.24) is 4.90 Å². The lowest BCUT2D eigenvalue weighted by atomic mass is 9.84. The number of likely N-dealkylation sites (N-methyl/N-ethyl adjacent to an activating group) is 1. The minimum absolute atomic E-state index is 0.562. The van der Waals surface area contributed by atoms with Gasteiger partial charge in [-0.25, -0.2) is 0 Å². The molecule has 0 saturated heterocycles. The van der Waals surface area contributed by atoms with E-state index in [0.29, 0.717) is 11.4 Å². The van der Waals surface area contributed by atoms with Crippen molar-refractivity contribution < 1.29 is 0 Å². The molecule has 1 aliphatic rings. The van der Waals surface area contributed by atoms with Gasteiger partial charge in [-0.3, -0.25) is 10.8 Å². The van der Waals surface area contributed by atoms with Crippen LogP contribution in [-0.2, 0) is 6.42 Å². The highest BCUT2D eigenvalue weighted by atomic mass is 32.1. The summed E-state index contributed by atoms with van der Waals surface area (Å²) in [6, 6.07) is 8.08. The molecule has 0 unspecified atom stereocenters. The van der Waals surface area contributed by atoms with Gasteiger partial charge in [-0.15, -0.1) is 11.3 Å². The molecule has 0 aliphatic heterocycles. The van der Waals surface area contributed by atoms with Gasteiger partial charge in [0.15, 0.2) is 0 Å². The minimum Gasteiger partial charge on any atom is -0.304 e. The summed E-state index contributed by atoms with van der Waals surface area (Å²) >= 11 is 1.57. The van der Waals surface area contributed by atoms with E-state index in [-0.39, 0.29) is 0 Å². The summed E-state index contributed by atoms with van der Waals surface area (Å²) in [6.45, 7) is 7.46. The number of hydrogen-bond donors (Lipinski definition) is 2. The summed E-state index contributed by atoms with van der Waals surface area (Å²) in [4.78, 5) is 3.33. The Labute approximate surface area is 135 Å². The van der Waals surface area contributed by atoms with Gasteiger partial charge in [-0.05, 0) is 36.5 Å². The lowest BCUT2D eigenvalue weighted by molar-refractivity contribution is 0.308. The summed E-state index contributed by atoms with van der Waals surface area (Å²) in [5.74, 6) is 0. The third-order valence-corrected chi connectivity index (χ3v) is 5.36. The molecule has 2 aromatic rings. The van der Waals surface area contributed by atoms with E-state index in [0.717, 1.165) is 47.6 Å². The molecule has 1 heterocycles. The van der Waals surface area contributed by atoms with Crippen molar-refractivity contribution in [3.8, 4) is 0 Å². The van der Waals surface area contributed by atoms with Crippen LogP contribution >= 0.6 is 11.3 Å². The molecular weight excluding hydrogens is 290 g/mol. The van der Waals surface area contributed by atoms with Crippen LogP contribution in [0, 0.1) is 10.8 Å². The maximum absolute atomic E-state index is 8.58. The fourth-order valence-corrected chi connectivity index (χ4v) is 3.95. The van der Waals surface area contributed by atoms with Crippen LogP contribution in [0.1, 0.15) is 41.0 Å². The molecule has 2 N–H and O–H groups in total. The van der Waals surface area contributed by atoms with Gasteiger partial charge < -0.3 is 4.90 Å². The second-order valence-electron chi connectivity index (χ2n) is 5.53. The highest BCUT2D eigenvalue weighted by molar-refractivity contribution is 7.13. The third-order valence-electron chi connectivity index (χ3n) is 4.42. The summed E-state index contributed by atoms with van der Waals surface area (Å²) < 4.78 is 0. The van der Waals surface area contributed by atoms with E-state index in [1.54, 1.807) is 11.3 Å². The van der Waals surface area contributed by atoms with E-state index < -0.39 is 0 Å². The van der Waals surface area contributed by atoms with Crippen molar-refractivity contribution in [2.45, 2.75) is 20.3 Å². The van der Waals surface area contributed by atoms with Crippen LogP contribution in [0.25, 0.3) is 0 Å². The van der Waals surface area contributed by atoms with Crippen molar-refractivity contribution in [3.63, 3.8) is 0 Å². The first-order valence-corrected chi connectivity index (χ1v) is 8.65. The third kappa shape index (κ3) is 2.42. The van der Waals surface area contributed by atoms with Crippen LogP contribution in [0.4, 0.5) is 0 Å². The Kier molecular flexibility index (Phi) is 4.23. The van der Waals surface area contributed by atoms with Crippen LogP contribution in [0.3, 0.4) is 0 Å². The van der Waals surface area contributed by atoms with Crippen LogP contribution in [0.15, 0.2) is 29.6 Å². The predicted octanol–water partition coefficient (Wildman–Crippen LogP) is 3.78. The van der Waals surface area contributed by atoms with Gasteiger partial charge in [-0.1, -0.05) is 32.0 Å². The highest BCUT2D eigenvalue weighted by Crippen LogP contribution is 2.32. The van der Waals surface area contributed by atoms with Crippen LogP contribution in [-0.4, -0.2) is 36.0 Å². The van der Waals surface area contributed by atoms with E-state index in [2.05, 4.69) is 24.8 Å². The highest BCUT2D eigenvalue weighted by Gasteiger charge is 2.27.